The smallest absolute Gasteiger partial charge is 0.0465 e. The fourth-order valence-electron chi connectivity index (χ4n) is 12.5. The summed E-state index contributed by atoms with van der Waals surface area (Å²) in [4.78, 5) is 2.48. The molecule has 0 N–H and O–H groups in total. The van der Waals surface area contributed by atoms with E-state index >= 15 is 0 Å². The Balaban J connectivity index is 0.937. The van der Waals surface area contributed by atoms with Crippen molar-refractivity contribution < 1.29 is 0 Å². The quantitative estimate of drug-likeness (QED) is 0.151. The van der Waals surface area contributed by atoms with E-state index in [1.165, 1.54) is 131 Å². The third-order valence-corrected chi connectivity index (χ3v) is 15.4. The first-order valence-corrected chi connectivity index (χ1v) is 23.5. The lowest BCUT2D eigenvalue weighted by Gasteiger charge is -2.30. The molecule has 0 saturated heterocycles. The number of rotatable bonds is 6. The number of nitrogens with zero attached hydrogens (tertiary/aromatic N) is 1. The molecular weight excluding hydrogens is 783 g/mol. The Morgan fingerprint density at radius 2 is 0.831 bits per heavy atom. The molecule has 3 aliphatic rings. The molecule has 1 nitrogen and oxygen atoms in total. The Labute approximate surface area is 382 Å². The zero-order valence-electron chi connectivity index (χ0n) is 37.0. The molecule has 0 aromatic heterocycles. The van der Waals surface area contributed by atoms with Crippen LogP contribution in [-0.2, 0) is 10.8 Å². The first-order valence-electron chi connectivity index (χ1n) is 23.5. The maximum absolute atomic E-state index is 2.53. The summed E-state index contributed by atoms with van der Waals surface area (Å²) in [7, 11) is 0. The van der Waals surface area contributed by atoms with Gasteiger partial charge < -0.3 is 4.90 Å². The van der Waals surface area contributed by atoms with Gasteiger partial charge in [0.05, 0.1) is 0 Å². The van der Waals surface area contributed by atoms with Crippen LogP contribution in [0.25, 0.3) is 77.2 Å². The molecule has 65 heavy (non-hydrogen) atoms. The topological polar surface area (TPSA) is 3.24 Å². The van der Waals surface area contributed by atoms with Crippen molar-refractivity contribution in [2.75, 3.05) is 4.90 Å². The average molecular weight is 832 g/mol. The van der Waals surface area contributed by atoms with E-state index in [-0.39, 0.29) is 10.8 Å². The zero-order valence-corrected chi connectivity index (χ0v) is 37.0. The number of fused-ring (bicyclic) bond motifs is 11. The molecule has 0 heterocycles. The summed E-state index contributed by atoms with van der Waals surface area (Å²) in [5.41, 5.74) is 22.3. The lowest BCUT2D eigenvalue weighted by atomic mass is 9.76. The van der Waals surface area contributed by atoms with E-state index in [2.05, 4.69) is 231 Å². The van der Waals surface area contributed by atoms with Gasteiger partial charge in [0.25, 0.3) is 0 Å². The van der Waals surface area contributed by atoms with E-state index in [1.807, 2.05) is 0 Å². The minimum Gasteiger partial charge on any atom is -0.310 e. The van der Waals surface area contributed by atoms with Gasteiger partial charge in [-0.25, -0.2) is 0 Å². The van der Waals surface area contributed by atoms with Gasteiger partial charge in [0.15, 0.2) is 0 Å². The predicted octanol–water partition coefficient (Wildman–Crippen LogP) is 17.6. The van der Waals surface area contributed by atoms with Gasteiger partial charge in [-0.05, 0) is 155 Å². The van der Waals surface area contributed by atoms with Crippen molar-refractivity contribution in [2.24, 2.45) is 0 Å². The molecule has 1 heteroatoms. The first kappa shape index (κ1) is 38.0. The van der Waals surface area contributed by atoms with Crippen LogP contribution in [0.5, 0.6) is 0 Å². The van der Waals surface area contributed by atoms with Crippen molar-refractivity contribution >= 4 is 38.6 Å². The van der Waals surface area contributed by atoms with Gasteiger partial charge in [-0.1, -0.05) is 197 Å². The molecule has 310 valence electrons. The third kappa shape index (κ3) is 5.71. The van der Waals surface area contributed by atoms with Gasteiger partial charge in [0.2, 0.25) is 0 Å². The Morgan fingerprint density at radius 3 is 1.54 bits per heavy atom. The van der Waals surface area contributed by atoms with Crippen LogP contribution in [0.4, 0.5) is 17.1 Å². The lowest BCUT2D eigenvalue weighted by Crippen LogP contribution is -2.21. The maximum atomic E-state index is 2.53. The molecular formula is C64H49N. The monoisotopic (exact) mass is 831 g/mol. The van der Waals surface area contributed by atoms with Crippen LogP contribution >= 0.6 is 0 Å². The van der Waals surface area contributed by atoms with Gasteiger partial charge in [0.1, 0.15) is 0 Å². The molecule has 0 unspecified atom stereocenters. The highest BCUT2D eigenvalue weighted by molar-refractivity contribution is 6.13. The molecule has 1 spiro atoms. The predicted molar refractivity (Wildman–Crippen MR) is 275 cm³/mol. The Kier molecular flexibility index (Phi) is 8.50. The highest BCUT2D eigenvalue weighted by Gasteiger charge is 2.45. The van der Waals surface area contributed by atoms with Crippen LogP contribution in [0, 0.1) is 0 Å². The van der Waals surface area contributed by atoms with Crippen molar-refractivity contribution in [3.63, 3.8) is 0 Å². The van der Waals surface area contributed by atoms with Gasteiger partial charge in [-0.15, -0.1) is 0 Å². The zero-order chi connectivity index (χ0) is 43.3. The molecule has 10 aromatic carbocycles. The summed E-state index contributed by atoms with van der Waals surface area (Å²) in [6.07, 6.45) is 4.95. The SMILES string of the molecule is CC1(C)c2ccccc2-c2cccc(-c3ccccc3-c3ccc(N(c4ccc(-c5cc6ccccc6c6ccccc56)cc4)c4ccc5c(c4)C4(CCCC4)c4ccccc4-5)cc3)c21. The van der Waals surface area contributed by atoms with Crippen LogP contribution in [-0.4, -0.2) is 0 Å². The standard InChI is InChI=1S/C64H49N/c1-63(2)59-26-11-9-23-54(59)57-25-15-24-56(62(57)63)51-20-6-5-17-48(51)42-28-32-45(33-29-42)65(47-36-37-55-53-22-10-12-27-60(53)64(61(55)41-47)38-13-14-39-64)46-34-30-43(31-35-46)58-40-44-16-3-4-18-49(44)50-19-7-8-21-52(50)58/h3-12,15-37,40-41H,13-14,38-39H2,1-2H3. The molecule has 1 saturated carbocycles. The summed E-state index contributed by atoms with van der Waals surface area (Å²) >= 11 is 0. The van der Waals surface area contributed by atoms with Crippen molar-refractivity contribution in [3.05, 3.63) is 235 Å². The van der Waals surface area contributed by atoms with Crippen molar-refractivity contribution in [1.82, 2.24) is 0 Å². The first-order chi connectivity index (χ1) is 32.0. The second-order valence-corrected chi connectivity index (χ2v) is 19.1. The third-order valence-electron chi connectivity index (χ3n) is 15.4. The molecule has 1 fully saturated rings. The van der Waals surface area contributed by atoms with Crippen LogP contribution in [0.15, 0.2) is 212 Å². The highest BCUT2D eigenvalue weighted by atomic mass is 15.1. The van der Waals surface area contributed by atoms with Gasteiger partial charge >= 0.3 is 0 Å². The number of anilines is 3. The van der Waals surface area contributed by atoms with Crippen molar-refractivity contribution in [2.45, 2.75) is 50.4 Å². The molecule has 0 amide bonds. The second kappa shape index (κ2) is 14.5. The minimum absolute atomic E-state index is 0.0791. The Bertz CT molecular complexity index is 3510. The number of hydrogen-bond donors (Lipinski definition) is 0. The van der Waals surface area contributed by atoms with Crippen LogP contribution < -0.4 is 4.90 Å². The van der Waals surface area contributed by atoms with E-state index in [1.54, 1.807) is 0 Å². The lowest BCUT2D eigenvalue weighted by molar-refractivity contribution is 0.550. The normalized spacial score (nSPS) is 14.9. The molecule has 0 bridgehead atoms. The maximum Gasteiger partial charge on any atom is 0.0465 e. The van der Waals surface area contributed by atoms with E-state index in [0.29, 0.717) is 0 Å². The Hall–Kier alpha value is -7.48. The van der Waals surface area contributed by atoms with Crippen LogP contribution in [0.1, 0.15) is 61.8 Å². The average Bonchev–Trinajstić information content (AvgIpc) is 4.04. The van der Waals surface area contributed by atoms with Crippen LogP contribution in [0.3, 0.4) is 0 Å². The molecule has 10 aromatic rings. The molecule has 0 radical (unpaired) electrons. The molecule has 0 aliphatic heterocycles. The second-order valence-electron chi connectivity index (χ2n) is 19.1. The van der Waals surface area contributed by atoms with Crippen molar-refractivity contribution in [1.29, 1.82) is 0 Å². The fourth-order valence-corrected chi connectivity index (χ4v) is 12.5. The Morgan fingerprint density at radius 1 is 0.338 bits per heavy atom. The van der Waals surface area contributed by atoms with Crippen molar-refractivity contribution in [3.8, 4) is 55.6 Å². The molecule has 13 rings (SSSR count). The number of benzene rings is 10. The van der Waals surface area contributed by atoms with E-state index in [9.17, 15) is 0 Å². The molecule has 0 atom stereocenters. The number of hydrogen-bond acceptors (Lipinski definition) is 1. The summed E-state index contributed by atoms with van der Waals surface area (Å²) < 4.78 is 0. The largest absolute Gasteiger partial charge is 0.310 e. The van der Waals surface area contributed by atoms with Gasteiger partial charge in [-0.2, -0.15) is 0 Å². The fraction of sp³-hybridized carbons (Fsp3) is 0.125. The summed E-state index contributed by atoms with van der Waals surface area (Å²) in [5, 5.41) is 5.12. The summed E-state index contributed by atoms with van der Waals surface area (Å²) in [6.45, 7) is 4.77. The van der Waals surface area contributed by atoms with Gasteiger partial charge in [-0.3, -0.25) is 0 Å². The summed E-state index contributed by atoms with van der Waals surface area (Å²) in [5.74, 6) is 0. The van der Waals surface area contributed by atoms with Crippen LogP contribution in [0.2, 0.25) is 0 Å². The van der Waals surface area contributed by atoms with E-state index in [4.69, 9.17) is 0 Å². The highest BCUT2D eigenvalue weighted by Crippen LogP contribution is 2.58. The van der Waals surface area contributed by atoms with E-state index in [0.717, 1.165) is 11.4 Å². The molecule has 3 aliphatic carbocycles. The van der Waals surface area contributed by atoms with Gasteiger partial charge in [0, 0.05) is 27.9 Å². The minimum atomic E-state index is -0.106. The van der Waals surface area contributed by atoms with E-state index < -0.39 is 0 Å². The summed E-state index contributed by atoms with van der Waals surface area (Å²) in [6, 6.07) is 79.9.